The standard InChI is InChI=1S/C15H30BN3O5.2ClH/c1-9(2)12(17)13(20)19-8-11-4-3-10(5-6-16(23)24)7-15(11,18)14(21)22;;/h9-12,23-24H,3-8,17-18H2,1-2H3,(H,19,20)(H,21,22);2*1H/t10-,11+,12-,15+;;/m0../s1. The van der Waals surface area contributed by atoms with Crippen molar-refractivity contribution in [2.75, 3.05) is 6.54 Å². The van der Waals surface area contributed by atoms with Gasteiger partial charge in [-0.25, -0.2) is 0 Å². The van der Waals surface area contributed by atoms with Crippen molar-refractivity contribution in [2.45, 2.75) is 57.4 Å². The molecule has 0 saturated heterocycles. The molecule has 8 nitrogen and oxygen atoms in total. The largest absolute Gasteiger partial charge is 0.480 e. The van der Waals surface area contributed by atoms with Crippen LogP contribution in [0.2, 0.25) is 6.32 Å². The van der Waals surface area contributed by atoms with E-state index in [1.807, 2.05) is 13.8 Å². The van der Waals surface area contributed by atoms with Crippen LogP contribution in [0.15, 0.2) is 0 Å². The molecule has 1 saturated carbocycles. The van der Waals surface area contributed by atoms with Gasteiger partial charge in [0, 0.05) is 12.5 Å². The first kappa shape index (κ1) is 27.6. The Balaban J connectivity index is 0. The molecule has 0 unspecified atom stereocenters. The summed E-state index contributed by atoms with van der Waals surface area (Å²) in [5.41, 5.74) is 10.5. The smallest absolute Gasteiger partial charge is 0.451 e. The topological polar surface area (TPSA) is 159 Å². The highest BCUT2D eigenvalue weighted by Crippen LogP contribution is 2.38. The summed E-state index contributed by atoms with van der Waals surface area (Å²) in [6.45, 7) is 3.86. The second kappa shape index (κ2) is 12.0. The van der Waals surface area contributed by atoms with Crippen LogP contribution in [0.25, 0.3) is 0 Å². The van der Waals surface area contributed by atoms with Crippen molar-refractivity contribution in [2.24, 2.45) is 29.2 Å². The van der Waals surface area contributed by atoms with Crippen molar-refractivity contribution in [1.29, 1.82) is 0 Å². The molecule has 154 valence electrons. The van der Waals surface area contributed by atoms with Gasteiger partial charge in [-0.1, -0.05) is 20.3 Å². The van der Waals surface area contributed by atoms with Crippen molar-refractivity contribution in [1.82, 2.24) is 5.32 Å². The highest BCUT2D eigenvalue weighted by Gasteiger charge is 2.47. The molecule has 8 N–H and O–H groups in total. The number of amides is 1. The third-order valence-electron chi connectivity index (χ3n) is 5.05. The monoisotopic (exact) mass is 415 g/mol. The normalized spacial score (nSPS) is 26.3. The Morgan fingerprint density at radius 2 is 1.85 bits per heavy atom. The number of hydrogen-bond acceptors (Lipinski definition) is 6. The quantitative estimate of drug-likeness (QED) is 0.304. The van der Waals surface area contributed by atoms with E-state index >= 15 is 0 Å². The molecule has 4 atom stereocenters. The highest BCUT2D eigenvalue weighted by atomic mass is 35.5. The number of carbonyl (C=O) groups is 2. The fraction of sp³-hybridized carbons (Fsp3) is 0.867. The Labute approximate surface area is 167 Å². The number of hydrogen-bond donors (Lipinski definition) is 6. The molecule has 1 amide bonds. The lowest BCUT2D eigenvalue weighted by molar-refractivity contribution is -0.148. The van der Waals surface area contributed by atoms with Gasteiger partial charge in [-0.2, -0.15) is 0 Å². The number of nitrogens with one attached hydrogen (secondary N) is 1. The maximum absolute atomic E-state index is 12.0. The average molecular weight is 416 g/mol. The van der Waals surface area contributed by atoms with Crippen LogP contribution in [-0.4, -0.2) is 52.3 Å². The molecule has 0 heterocycles. The summed E-state index contributed by atoms with van der Waals surface area (Å²) in [5.74, 6) is -1.76. The maximum atomic E-state index is 12.0. The summed E-state index contributed by atoms with van der Waals surface area (Å²) in [6.07, 6.45) is 2.28. The molecule has 0 bridgehead atoms. The number of aliphatic carboxylic acids is 1. The van der Waals surface area contributed by atoms with Gasteiger partial charge in [-0.15, -0.1) is 24.8 Å². The summed E-state index contributed by atoms with van der Waals surface area (Å²) in [5, 5.41) is 30.2. The van der Waals surface area contributed by atoms with Crippen molar-refractivity contribution < 1.29 is 24.7 Å². The lowest BCUT2D eigenvalue weighted by Crippen LogP contribution is -2.60. The molecule has 0 aromatic carbocycles. The summed E-state index contributed by atoms with van der Waals surface area (Å²) in [6, 6.07) is -0.635. The molecule has 0 radical (unpaired) electrons. The summed E-state index contributed by atoms with van der Waals surface area (Å²) < 4.78 is 0. The summed E-state index contributed by atoms with van der Waals surface area (Å²) in [7, 11) is -1.39. The van der Waals surface area contributed by atoms with E-state index in [2.05, 4.69) is 5.32 Å². The van der Waals surface area contributed by atoms with Crippen LogP contribution in [0.1, 0.15) is 39.5 Å². The Hall–Kier alpha value is -0.575. The molecule has 0 aliphatic heterocycles. The zero-order chi connectivity index (χ0) is 18.5. The van der Waals surface area contributed by atoms with Gasteiger partial charge in [-0.3, -0.25) is 9.59 Å². The Bertz CT molecular complexity index is 459. The van der Waals surface area contributed by atoms with Gasteiger partial charge >= 0.3 is 13.1 Å². The molecule has 1 rings (SSSR count). The van der Waals surface area contributed by atoms with Crippen LogP contribution in [-0.2, 0) is 9.59 Å². The summed E-state index contributed by atoms with van der Waals surface area (Å²) in [4.78, 5) is 23.7. The number of nitrogens with two attached hydrogens (primary N) is 2. The van der Waals surface area contributed by atoms with Crippen molar-refractivity contribution in [3.63, 3.8) is 0 Å². The molecule has 26 heavy (non-hydrogen) atoms. The maximum Gasteiger partial charge on any atom is 0.451 e. The van der Waals surface area contributed by atoms with Gasteiger partial charge in [-0.05, 0) is 37.4 Å². The zero-order valence-electron chi connectivity index (χ0n) is 15.3. The van der Waals surface area contributed by atoms with Crippen LogP contribution in [0, 0.1) is 17.8 Å². The molecule has 0 aromatic heterocycles. The number of halogens is 2. The SMILES string of the molecule is CC(C)[C@H](N)C(=O)NC[C@H]1CC[C@@H](CCB(O)O)C[C@]1(N)C(=O)O.Cl.Cl. The van der Waals surface area contributed by atoms with Gasteiger partial charge in [0.25, 0.3) is 0 Å². The van der Waals surface area contributed by atoms with Crippen molar-refractivity contribution >= 4 is 43.8 Å². The van der Waals surface area contributed by atoms with Gasteiger partial charge in [0.2, 0.25) is 5.91 Å². The second-order valence-corrected chi connectivity index (χ2v) is 7.26. The molecule has 1 aliphatic carbocycles. The van der Waals surface area contributed by atoms with E-state index in [9.17, 15) is 14.7 Å². The van der Waals surface area contributed by atoms with E-state index in [1.165, 1.54) is 0 Å². The van der Waals surface area contributed by atoms with Crippen LogP contribution in [0.3, 0.4) is 0 Å². The Morgan fingerprint density at radius 1 is 1.27 bits per heavy atom. The van der Waals surface area contributed by atoms with Crippen LogP contribution < -0.4 is 16.8 Å². The van der Waals surface area contributed by atoms with E-state index in [-0.39, 0.29) is 67.8 Å². The van der Waals surface area contributed by atoms with E-state index in [1.54, 1.807) is 0 Å². The molecule has 11 heteroatoms. The van der Waals surface area contributed by atoms with Crippen molar-refractivity contribution in [3.05, 3.63) is 0 Å². The number of rotatable bonds is 8. The summed E-state index contributed by atoms with van der Waals surface area (Å²) >= 11 is 0. The third kappa shape index (κ3) is 7.58. The first-order valence-corrected chi connectivity index (χ1v) is 8.49. The molecule has 0 aromatic rings. The third-order valence-corrected chi connectivity index (χ3v) is 5.05. The van der Waals surface area contributed by atoms with E-state index in [4.69, 9.17) is 21.5 Å². The van der Waals surface area contributed by atoms with Gasteiger partial charge < -0.3 is 31.9 Å². The minimum atomic E-state index is -1.43. The van der Waals surface area contributed by atoms with Gasteiger partial charge in [0.1, 0.15) is 5.54 Å². The molecule has 0 spiro atoms. The average Bonchev–Trinajstić information content (AvgIpc) is 2.50. The van der Waals surface area contributed by atoms with E-state index < -0.39 is 24.7 Å². The van der Waals surface area contributed by atoms with Crippen molar-refractivity contribution in [3.8, 4) is 0 Å². The van der Waals surface area contributed by atoms with Crippen LogP contribution in [0.5, 0.6) is 0 Å². The second-order valence-electron chi connectivity index (χ2n) is 7.26. The molecular formula is C15H32BCl2N3O5. The predicted octanol–water partition coefficient (Wildman–Crippen LogP) is -0.00920. The lowest BCUT2D eigenvalue weighted by Gasteiger charge is -2.41. The minimum absolute atomic E-state index is 0. The lowest BCUT2D eigenvalue weighted by atomic mass is 9.66. The predicted molar refractivity (Wildman–Crippen MR) is 105 cm³/mol. The van der Waals surface area contributed by atoms with Crippen LogP contribution >= 0.6 is 24.8 Å². The van der Waals surface area contributed by atoms with Gasteiger partial charge in [0.15, 0.2) is 0 Å². The highest BCUT2D eigenvalue weighted by molar-refractivity contribution is 6.40. The first-order chi connectivity index (χ1) is 11.1. The zero-order valence-corrected chi connectivity index (χ0v) is 16.9. The number of carboxylic acid groups (broad SMARTS) is 1. The fourth-order valence-electron chi connectivity index (χ4n) is 3.26. The Morgan fingerprint density at radius 3 is 2.31 bits per heavy atom. The fourth-order valence-corrected chi connectivity index (χ4v) is 3.26. The van der Waals surface area contributed by atoms with E-state index in [0.717, 1.165) is 6.42 Å². The van der Waals surface area contributed by atoms with Gasteiger partial charge in [0.05, 0.1) is 6.04 Å². The molecule has 1 fully saturated rings. The van der Waals surface area contributed by atoms with Crippen LogP contribution in [0.4, 0.5) is 0 Å². The molecular weight excluding hydrogens is 384 g/mol. The number of carboxylic acids is 1. The first-order valence-electron chi connectivity index (χ1n) is 8.49. The Kier molecular flexibility index (Phi) is 12.8. The van der Waals surface area contributed by atoms with E-state index in [0.29, 0.717) is 12.8 Å². The minimum Gasteiger partial charge on any atom is -0.480 e. The number of carbonyl (C=O) groups excluding carboxylic acids is 1. The molecule has 1 aliphatic rings.